The quantitative estimate of drug-likeness (QED) is 0.115. The molecule has 2 atom stereocenters. The lowest BCUT2D eigenvalue weighted by Crippen LogP contribution is -2.28. The topological polar surface area (TPSA) is 12.5 Å². The van der Waals surface area contributed by atoms with E-state index in [-0.39, 0.29) is 16.0 Å². The van der Waals surface area contributed by atoms with Gasteiger partial charge in [-0.1, -0.05) is 174 Å². The van der Waals surface area contributed by atoms with Crippen molar-refractivity contribution in [2.24, 2.45) is 0 Å². The lowest BCUT2D eigenvalue weighted by Gasteiger charge is -2.38. The molecule has 50 heavy (non-hydrogen) atoms. The monoisotopic (exact) mass is 683 g/mol. The summed E-state index contributed by atoms with van der Waals surface area (Å²) in [7, 11) is 0.569. The Hall–Kier alpha value is -3.87. The Morgan fingerprint density at radius 2 is 1.20 bits per heavy atom. The molecule has 0 bridgehead atoms. The lowest BCUT2D eigenvalue weighted by molar-refractivity contribution is 0.290. The molecular weight excluding hydrogens is 625 g/mol. The van der Waals surface area contributed by atoms with Crippen LogP contribution in [0.5, 0.6) is 5.75 Å². The van der Waals surface area contributed by atoms with Gasteiger partial charge in [0.05, 0.1) is 0 Å². The third kappa shape index (κ3) is 9.07. The molecule has 0 aliphatic carbocycles. The summed E-state index contributed by atoms with van der Waals surface area (Å²) in [5, 5.41) is 1.34. The van der Waals surface area contributed by atoms with E-state index in [4.69, 9.17) is 4.74 Å². The summed E-state index contributed by atoms with van der Waals surface area (Å²) in [5.74, 6) is 1.07. The van der Waals surface area contributed by atoms with Crippen molar-refractivity contribution in [1.82, 2.24) is 0 Å². The normalized spacial score (nSPS) is 13.4. The van der Waals surface area contributed by atoms with E-state index in [1.807, 2.05) is 0 Å². The van der Waals surface area contributed by atoms with Gasteiger partial charge in [0.1, 0.15) is 12.4 Å². The summed E-state index contributed by atoms with van der Waals surface area (Å²) in [6, 6.07) is 44.1. The molecule has 0 amide bonds. The molecule has 5 aromatic rings. The maximum absolute atomic E-state index is 7.05. The predicted molar refractivity (Wildman–Crippen MR) is 219 cm³/mol. The van der Waals surface area contributed by atoms with Crippen LogP contribution in [0.3, 0.4) is 0 Å². The van der Waals surface area contributed by atoms with E-state index in [0.29, 0.717) is 15.2 Å². The van der Waals surface area contributed by atoms with E-state index in [1.165, 1.54) is 50.1 Å². The zero-order valence-corrected chi connectivity index (χ0v) is 32.9. The van der Waals surface area contributed by atoms with Crippen LogP contribution in [0.2, 0.25) is 0 Å². The first-order chi connectivity index (χ1) is 23.8. The Bertz CT molecular complexity index is 1780. The standard InChI is InChI=1S/C47H58NOP/c1-10-11-30-47(9,42-32-38(45(3,4)5)31-41(46(6,7)8)43(42)49-34-36-23-15-12-16-24-36)50-44-35(2)22-21-25-37(44)33-48(39-26-17-13-18-27-39)40-28-19-14-20-29-40/h12-29,31-32,50H,10-11,30,33-34H2,1-9H3. The molecule has 0 fully saturated rings. The van der Waals surface area contributed by atoms with Crippen LogP contribution in [0, 0.1) is 6.92 Å². The van der Waals surface area contributed by atoms with Gasteiger partial charge in [0, 0.05) is 34.2 Å². The molecule has 0 aliphatic rings. The van der Waals surface area contributed by atoms with E-state index in [0.717, 1.165) is 31.6 Å². The minimum absolute atomic E-state index is 0.00117. The summed E-state index contributed by atoms with van der Waals surface area (Å²) in [4.78, 5) is 2.46. The van der Waals surface area contributed by atoms with Gasteiger partial charge in [-0.05, 0) is 76.0 Å². The van der Waals surface area contributed by atoms with Gasteiger partial charge in [-0.15, -0.1) is 0 Å². The van der Waals surface area contributed by atoms with Crippen molar-refractivity contribution in [3.05, 3.63) is 155 Å². The molecule has 0 spiro atoms. The Balaban J connectivity index is 1.68. The average Bonchev–Trinajstić information content (AvgIpc) is 3.10. The molecule has 3 heteroatoms. The van der Waals surface area contributed by atoms with Gasteiger partial charge in [-0.25, -0.2) is 0 Å². The van der Waals surface area contributed by atoms with Crippen molar-refractivity contribution < 1.29 is 4.74 Å². The van der Waals surface area contributed by atoms with Crippen LogP contribution in [0.4, 0.5) is 11.4 Å². The number of nitrogens with zero attached hydrogens (tertiary/aromatic N) is 1. The molecule has 0 saturated carbocycles. The van der Waals surface area contributed by atoms with Crippen LogP contribution < -0.4 is 14.9 Å². The zero-order valence-electron chi connectivity index (χ0n) is 31.9. The third-order valence-electron chi connectivity index (χ3n) is 9.84. The van der Waals surface area contributed by atoms with Crippen LogP contribution in [0.15, 0.2) is 121 Å². The van der Waals surface area contributed by atoms with E-state index in [2.05, 4.69) is 189 Å². The maximum Gasteiger partial charge on any atom is 0.127 e. The Kier molecular flexibility index (Phi) is 12.0. The van der Waals surface area contributed by atoms with E-state index in [1.54, 1.807) is 0 Å². The molecule has 5 rings (SSSR count). The van der Waals surface area contributed by atoms with Crippen LogP contribution in [0.25, 0.3) is 0 Å². The summed E-state index contributed by atoms with van der Waals surface area (Å²) >= 11 is 0. The highest BCUT2D eigenvalue weighted by Gasteiger charge is 2.36. The predicted octanol–water partition coefficient (Wildman–Crippen LogP) is 12.9. The van der Waals surface area contributed by atoms with Gasteiger partial charge in [-0.3, -0.25) is 0 Å². The SMILES string of the molecule is CCCCC(C)(Pc1c(C)cccc1CN(c1ccccc1)c1ccccc1)c1cc(C(C)(C)C)cc(C(C)(C)C)c1OCc1ccccc1. The molecule has 2 unspecified atom stereocenters. The second-order valence-corrected chi connectivity index (χ2v) is 18.0. The molecule has 0 heterocycles. The number of para-hydroxylation sites is 2. The van der Waals surface area contributed by atoms with Crippen molar-refractivity contribution >= 4 is 25.3 Å². The summed E-state index contributed by atoms with van der Waals surface area (Å²) in [6.45, 7) is 22.5. The largest absolute Gasteiger partial charge is 0.488 e. The molecule has 2 nitrogen and oxygen atoms in total. The number of hydrogen-bond donors (Lipinski definition) is 0. The highest BCUT2D eigenvalue weighted by Crippen LogP contribution is 2.53. The molecule has 0 aliphatic heterocycles. The molecule has 0 saturated heterocycles. The summed E-state index contributed by atoms with van der Waals surface area (Å²) in [5.41, 5.74) is 10.3. The zero-order chi connectivity index (χ0) is 35.9. The molecule has 0 radical (unpaired) electrons. The van der Waals surface area contributed by atoms with Crippen LogP contribution in [0.1, 0.15) is 108 Å². The minimum atomic E-state index is -0.130. The van der Waals surface area contributed by atoms with E-state index < -0.39 is 0 Å². The fraction of sp³-hybridized carbons (Fsp3) is 0.362. The maximum atomic E-state index is 7.05. The van der Waals surface area contributed by atoms with Gasteiger partial charge in [0.15, 0.2) is 0 Å². The summed E-state index contributed by atoms with van der Waals surface area (Å²) in [6.07, 6.45) is 3.41. The van der Waals surface area contributed by atoms with Crippen molar-refractivity contribution in [2.45, 2.75) is 111 Å². The number of ether oxygens (including phenoxy) is 1. The van der Waals surface area contributed by atoms with E-state index in [9.17, 15) is 0 Å². The number of unbranched alkanes of at least 4 members (excludes halogenated alkanes) is 1. The Morgan fingerprint density at radius 3 is 1.74 bits per heavy atom. The lowest BCUT2D eigenvalue weighted by atomic mass is 9.76. The highest BCUT2D eigenvalue weighted by molar-refractivity contribution is 7.48. The number of hydrogen-bond acceptors (Lipinski definition) is 2. The van der Waals surface area contributed by atoms with Gasteiger partial charge < -0.3 is 9.64 Å². The molecule has 0 N–H and O–H groups in total. The molecular formula is C47H58NOP. The van der Waals surface area contributed by atoms with Gasteiger partial charge in [-0.2, -0.15) is 0 Å². The van der Waals surface area contributed by atoms with E-state index >= 15 is 0 Å². The Labute approximate surface area is 305 Å². The van der Waals surface area contributed by atoms with Crippen molar-refractivity contribution in [3.63, 3.8) is 0 Å². The number of rotatable bonds is 13. The van der Waals surface area contributed by atoms with Crippen molar-refractivity contribution in [2.75, 3.05) is 4.90 Å². The summed E-state index contributed by atoms with van der Waals surface area (Å²) < 4.78 is 7.05. The van der Waals surface area contributed by atoms with Crippen LogP contribution in [-0.4, -0.2) is 0 Å². The second-order valence-electron chi connectivity index (χ2n) is 16.1. The van der Waals surface area contributed by atoms with Crippen molar-refractivity contribution in [1.29, 1.82) is 0 Å². The molecule has 5 aromatic carbocycles. The first kappa shape index (κ1) is 37.4. The number of aryl methyl sites for hydroxylation is 1. The second kappa shape index (κ2) is 16.0. The molecule has 262 valence electrons. The highest BCUT2D eigenvalue weighted by atomic mass is 31.1. The van der Waals surface area contributed by atoms with Crippen LogP contribution >= 0.6 is 8.58 Å². The fourth-order valence-corrected chi connectivity index (χ4v) is 8.52. The van der Waals surface area contributed by atoms with Crippen molar-refractivity contribution in [3.8, 4) is 5.75 Å². The van der Waals surface area contributed by atoms with Gasteiger partial charge in [0.25, 0.3) is 0 Å². The smallest absolute Gasteiger partial charge is 0.127 e. The minimum Gasteiger partial charge on any atom is -0.488 e. The Morgan fingerprint density at radius 1 is 0.640 bits per heavy atom. The van der Waals surface area contributed by atoms with Crippen LogP contribution in [-0.2, 0) is 29.1 Å². The number of benzene rings is 5. The first-order valence-corrected chi connectivity index (χ1v) is 19.4. The first-order valence-electron chi connectivity index (χ1n) is 18.4. The number of anilines is 2. The average molecular weight is 684 g/mol. The molecule has 0 aromatic heterocycles. The van der Waals surface area contributed by atoms with Gasteiger partial charge in [0.2, 0.25) is 0 Å². The fourth-order valence-electron chi connectivity index (χ4n) is 6.74. The van der Waals surface area contributed by atoms with Gasteiger partial charge >= 0.3 is 0 Å². The third-order valence-corrected chi connectivity index (χ3v) is 11.9.